The number of benzene rings is 12. The first kappa shape index (κ1) is 54.7. The molecule has 0 amide bonds. The maximum Gasteiger partial charge on any atom is 0.164 e. The predicted molar refractivity (Wildman–Crippen MR) is 370 cm³/mol. The van der Waals surface area contributed by atoms with E-state index in [-0.39, 0.29) is 0 Å². The molecule has 430 valence electrons. The summed E-state index contributed by atoms with van der Waals surface area (Å²) in [4.78, 5) is 47.6. The molecule has 4 aromatic heterocycles. The van der Waals surface area contributed by atoms with Crippen molar-refractivity contribution >= 4 is 21.5 Å². The summed E-state index contributed by atoms with van der Waals surface area (Å²) in [6.07, 6.45) is 8.60. The van der Waals surface area contributed by atoms with E-state index in [4.69, 9.17) is 29.9 Å². The fourth-order valence-corrected chi connectivity index (χ4v) is 12.1. The third-order valence-corrected chi connectivity index (χ3v) is 16.8. The van der Waals surface area contributed by atoms with Gasteiger partial charge in [0.1, 0.15) is 12.7 Å². The van der Waals surface area contributed by atoms with Crippen LogP contribution in [0.1, 0.15) is 0 Å². The van der Waals surface area contributed by atoms with Crippen molar-refractivity contribution in [3.63, 3.8) is 0 Å². The first-order chi connectivity index (χ1) is 45.6. The van der Waals surface area contributed by atoms with E-state index >= 15 is 0 Å². The molecule has 92 heavy (non-hydrogen) atoms. The number of nitrogens with zero attached hydrogens (tertiary/aromatic N) is 10. The summed E-state index contributed by atoms with van der Waals surface area (Å²) < 4.78 is 0. The number of hydrogen-bond donors (Lipinski definition) is 0. The third-order valence-electron chi connectivity index (χ3n) is 16.8. The van der Waals surface area contributed by atoms with Crippen molar-refractivity contribution in [2.45, 2.75) is 0 Å². The lowest BCUT2D eigenvalue weighted by Gasteiger charge is -2.16. The van der Waals surface area contributed by atoms with Crippen LogP contribution in [0.25, 0.3) is 168 Å². The molecule has 0 bridgehead atoms. The van der Waals surface area contributed by atoms with Gasteiger partial charge in [0, 0.05) is 63.1 Å². The molecule has 16 aromatic rings. The standard InChI is InChI=1S/C82H52N10/c1-4-13-62(14-5-1)77-87-78(63-15-6-2-7-16-63)89-81(88-77)66-39-26-57(27-40-66)72-45-43-58-28-41-68(48-73(58)76(72)61-33-29-59(30-34-61)74-46-47-83-52-86-74)53-22-35-65(36-23-53)80-90-79(64-17-8-3-9-18-64)91-82(92-80)67-37-24-56(25-38-67)71-44-42-55-12-10-11-19-70(55)75(71)60-31-20-54(21-32-60)69-49-84-51-85-50-69/h1-52H. The molecular weight excluding hydrogens is 1120 g/mol. The van der Waals surface area contributed by atoms with Crippen molar-refractivity contribution in [3.05, 3.63) is 316 Å². The van der Waals surface area contributed by atoms with E-state index in [1.165, 1.54) is 16.3 Å². The van der Waals surface area contributed by atoms with Crippen LogP contribution >= 0.6 is 0 Å². The van der Waals surface area contributed by atoms with Crippen LogP contribution in [0.15, 0.2) is 316 Å². The van der Waals surface area contributed by atoms with Gasteiger partial charge in [0.2, 0.25) is 0 Å². The molecule has 0 saturated carbocycles. The molecule has 0 aliphatic carbocycles. The minimum Gasteiger partial charge on any atom is -0.245 e. The molecule has 0 saturated heterocycles. The van der Waals surface area contributed by atoms with Crippen molar-refractivity contribution in [2.24, 2.45) is 0 Å². The monoisotopic (exact) mass is 1180 g/mol. The second-order valence-corrected chi connectivity index (χ2v) is 22.5. The van der Waals surface area contributed by atoms with Gasteiger partial charge in [0.15, 0.2) is 34.9 Å². The van der Waals surface area contributed by atoms with Gasteiger partial charge in [-0.25, -0.2) is 49.8 Å². The topological polar surface area (TPSA) is 129 Å². The fourth-order valence-electron chi connectivity index (χ4n) is 12.1. The molecule has 0 N–H and O–H groups in total. The molecular formula is C82H52N10. The Morgan fingerprint density at radius 2 is 0.554 bits per heavy atom. The molecule has 4 heterocycles. The molecule has 0 spiro atoms. The van der Waals surface area contributed by atoms with Gasteiger partial charge in [-0.1, -0.05) is 273 Å². The zero-order valence-electron chi connectivity index (χ0n) is 49.5. The van der Waals surface area contributed by atoms with Crippen LogP contribution in [0.2, 0.25) is 0 Å². The molecule has 12 aromatic carbocycles. The molecule has 0 aliphatic rings. The Morgan fingerprint density at radius 3 is 1.01 bits per heavy atom. The van der Waals surface area contributed by atoms with E-state index in [9.17, 15) is 0 Å². The molecule has 0 unspecified atom stereocenters. The first-order valence-electron chi connectivity index (χ1n) is 30.4. The highest BCUT2D eigenvalue weighted by molar-refractivity contribution is 6.07. The number of aromatic nitrogens is 10. The van der Waals surface area contributed by atoms with Crippen molar-refractivity contribution in [2.75, 3.05) is 0 Å². The molecule has 0 radical (unpaired) electrons. The second kappa shape index (κ2) is 24.1. The minimum absolute atomic E-state index is 0.581. The van der Waals surface area contributed by atoms with Crippen molar-refractivity contribution in [1.82, 2.24) is 49.8 Å². The Bertz CT molecular complexity index is 5260. The van der Waals surface area contributed by atoms with Crippen LogP contribution < -0.4 is 0 Å². The minimum atomic E-state index is 0.581. The van der Waals surface area contributed by atoms with Crippen LogP contribution in [-0.2, 0) is 0 Å². The summed E-state index contributed by atoms with van der Waals surface area (Å²) in [5.74, 6) is 3.60. The second-order valence-electron chi connectivity index (χ2n) is 22.5. The van der Waals surface area contributed by atoms with Crippen LogP contribution in [-0.4, -0.2) is 49.8 Å². The summed E-state index contributed by atoms with van der Waals surface area (Å²) >= 11 is 0. The van der Waals surface area contributed by atoms with Gasteiger partial charge in [0.25, 0.3) is 0 Å². The Labute approximate surface area is 531 Å². The highest BCUT2D eigenvalue weighted by atomic mass is 15.0. The van der Waals surface area contributed by atoms with Gasteiger partial charge in [-0.05, 0) is 94.9 Å². The lowest BCUT2D eigenvalue weighted by atomic mass is 9.87. The third kappa shape index (κ3) is 10.9. The van der Waals surface area contributed by atoms with Gasteiger partial charge < -0.3 is 0 Å². The molecule has 0 atom stereocenters. The summed E-state index contributed by atoms with van der Waals surface area (Å²) in [7, 11) is 0. The maximum atomic E-state index is 5.20. The van der Waals surface area contributed by atoms with E-state index in [2.05, 4.69) is 208 Å². The van der Waals surface area contributed by atoms with Gasteiger partial charge in [-0.15, -0.1) is 0 Å². The Balaban J connectivity index is 0.746. The van der Waals surface area contributed by atoms with E-state index in [0.29, 0.717) is 34.9 Å². The van der Waals surface area contributed by atoms with E-state index < -0.39 is 0 Å². The lowest BCUT2D eigenvalue weighted by molar-refractivity contribution is 1.07. The zero-order valence-corrected chi connectivity index (χ0v) is 49.5. The average Bonchev–Trinajstić information content (AvgIpc) is 0.893. The van der Waals surface area contributed by atoms with E-state index in [1.54, 1.807) is 18.9 Å². The largest absolute Gasteiger partial charge is 0.245 e. The van der Waals surface area contributed by atoms with Crippen molar-refractivity contribution in [1.29, 1.82) is 0 Å². The van der Waals surface area contributed by atoms with Gasteiger partial charge in [-0.3, -0.25) is 0 Å². The SMILES string of the molecule is c1ccc(-c2nc(-c3ccc(-c4ccc5ccc(-c6ccc(-c7nc(-c8ccccc8)nc(-c8ccccc8)n7)cc6)c(-c6ccc(-c7ccncn7)cc6)c5c4)cc3)nc(-c3ccc(-c4ccc5ccccc5c4-c4ccc(-c5cncnc5)cc4)cc3)n2)cc1. The van der Waals surface area contributed by atoms with Crippen LogP contribution in [0, 0.1) is 0 Å². The summed E-state index contributed by atoms with van der Waals surface area (Å²) in [6, 6.07) is 99.3. The molecule has 10 nitrogen and oxygen atoms in total. The van der Waals surface area contributed by atoms with Crippen LogP contribution in [0.3, 0.4) is 0 Å². The average molecular weight is 1180 g/mol. The van der Waals surface area contributed by atoms with Crippen LogP contribution in [0.5, 0.6) is 0 Å². The maximum absolute atomic E-state index is 5.20. The van der Waals surface area contributed by atoms with Gasteiger partial charge >= 0.3 is 0 Å². The number of hydrogen-bond acceptors (Lipinski definition) is 10. The van der Waals surface area contributed by atoms with Crippen molar-refractivity contribution in [3.8, 4) is 146 Å². The summed E-state index contributed by atoms with van der Waals surface area (Å²) in [6.45, 7) is 0. The smallest absolute Gasteiger partial charge is 0.164 e. The predicted octanol–water partition coefficient (Wildman–Crippen LogP) is 19.6. The highest BCUT2D eigenvalue weighted by Crippen LogP contribution is 2.43. The fraction of sp³-hybridized carbons (Fsp3) is 0. The van der Waals surface area contributed by atoms with Crippen LogP contribution in [0.4, 0.5) is 0 Å². The highest BCUT2D eigenvalue weighted by Gasteiger charge is 2.20. The van der Waals surface area contributed by atoms with Crippen molar-refractivity contribution < 1.29 is 0 Å². The molecule has 0 aliphatic heterocycles. The Morgan fingerprint density at radius 1 is 0.207 bits per heavy atom. The molecule has 0 fully saturated rings. The van der Waals surface area contributed by atoms with Gasteiger partial charge in [0.05, 0.1) is 5.69 Å². The first-order valence-corrected chi connectivity index (χ1v) is 30.4. The molecule has 16 rings (SSSR count). The Kier molecular flexibility index (Phi) is 14.4. The van der Waals surface area contributed by atoms with E-state index in [1.807, 2.05) is 109 Å². The van der Waals surface area contributed by atoms with E-state index in [0.717, 1.165) is 117 Å². The summed E-state index contributed by atoms with van der Waals surface area (Å²) in [5.41, 5.74) is 20.3. The zero-order chi connectivity index (χ0) is 61.2. The quantitative estimate of drug-likeness (QED) is 0.110. The van der Waals surface area contributed by atoms with Gasteiger partial charge in [-0.2, -0.15) is 0 Å². The molecule has 10 heteroatoms. The number of rotatable bonds is 13. The summed E-state index contributed by atoms with van der Waals surface area (Å²) in [5, 5.41) is 4.59. The Hall–Kier alpha value is -12.7. The number of fused-ring (bicyclic) bond motifs is 2. The lowest BCUT2D eigenvalue weighted by Crippen LogP contribution is -2.00. The normalized spacial score (nSPS) is 11.3.